The van der Waals surface area contributed by atoms with Gasteiger partial charge in [-0.25, -0.2) is 0 Å². The number of amides is 1. The van der Waals surface area contributed by atoms with Gasteiger partial charge < -0.3 is 9.80 Å². The largest absolute Gasteiger partial charge is 0.368 e. The molecule has 1 aromatic heterocycles. The third kappa shape index (κ3) is 3.45. The molecule has 26 heavy (non-hydrogen) atoms. The molecule has 2 heterocycles. The fourth-order valence-electron chi connectivity index (χ4n) is 3.34. The molecule has 0 radical (unpaired) electrons. The molecule has 1 amide bonds. The van der Waals surface area contributed by atoms with Gasteiger partial charge in [-0.3, -0.25) is 9.78 Å². The van der Waals surface area contributed by atoms with E-state index in [1.165, 1.54) is 5.69 Å². The van der Waals surface area contributed by atoms with E-state index in [4.69, 9.17) is 0 Å². The predicted molar refractivity (Wildman–Crippen MR) is 104 cm³/mol. The lowest BCUT2D eigenvalue weighted by atomic mass is 10.0. The SMILES string of the molecule is O=C(c1ccc(-c2ccccc2)cc1)N1CCN(c2ccncc2)CC1. The number of carbonyl (C=O) groups excluding carboxylic acids is 1. The van der Waals surface area contributed by atoms with Crippen LogP contribution in [0.15, 0.2) is 79.1 Å². The summed E-state index contributed by atoms with van der Waals surface area (Å²) in [5, 5.41) is 0. The Kier molecular flexibility index (Phi) is 4.65. The molecule has 0 atom stereocenters. The highest BCUT2D eigenvalue weighted by atomic mass is 16.2. The van der Waals surface area contributed by atoms with Crippen LogP contribution in [-0.4, -0.2) is 42.0 Å². The monoisotopic (exact) mass is 343 g/mol. The zero-order valence-corrected chi connectivity index (χ0v) is 14.6. The maximum atomic E-state index is 12.8. The van der Waals surface area contributed by atoms with Gasteiger partial charge in [-0.2, -0.15) is 0 Å². The first-order chi connectivity index (χ1) is 12.8. The molecule has 1 aliphatic rings. The van der Waals surface area contributed by atoms with Gasteiger partial charge in [0.05, 0.1) is 0 Å². The second kappa shape index (κ2) is 7.40. The summed E-state index contributed by atoms with van der Waals surface area (Å²) in [6, 6.07) is 22.1. The average Bonchev–Trinajstić information content (AvgIpc) is 2.75. The molecule has 0 spiro atoms. The quantitative estimate of drug-likeness (QED) is 0.727. The molecule has 1 fully saturated rings. The topological polar surface area (TPSA) is 36.4 Å². The zero-order valence-electron chi connectivity index (χ0n) is 14.6. The van der Waals surface area contributed by atoms with E-state index < -0.39 is 0 Å². The van der Waals surface area contributed by atoms with Gasteiger partial charge in [-0.1, -0.05) is 42.5 Å². The Morgan fingerprint density at radius 2 is 1.35 bits per heavy atom. The van der Waals surface area contributed by atoms with Crippen molar-refractivity contribution in [3.63, 3.8) is 0 Å². The Bertz CT molecular complexity index is 855. The normalized spacial score (nSPS) is 14.3. The minimum atomic E-state index is 0.110. The molecule has 3 aromatic rings. The van der Waals surface area contributed by atoms with Gasteiger partial charge in [0.25, 0.3) is 5.91 Å². The summed E-state index contributed by atoms with van der Waals surface area (Å²) in [7, 11) is 0. The number of anilines is 1. The molecule has 0 bridgehead atoms. The minimum absolute atomic E-state index is 0.110. The van der Waals surface area contributed by atoms with E-state index in [0.29, 0.717) is 0 Å². The molecule has 1 saturated heterocycles. The van der Waals surface area contributed by atoms with Crippen LogP contribution in [0.2, 0.25) is 0 Å². The van der Waals surface area contributed by atoms with Crippen molar-refractivity contribution in [2.45, 2.75) is 0 Å². The Morgan fingerprint density at radius 1 is 0.731 bits per heavy atom. The van der Waals surface area contributed by atoms with Crippen LogP contribution in [0.4, 0.5) is 5.69 Å². The maximum Gasteiger partial charge on any atom is 0.253 e. The first kappa shape index (κ1) is 16.3. The summed E-state index contributed by atoms with van der Waals surface area (Å²) in [6.45, 7) is 3.17. The number of aromatic nitrogens is 1. The van der Waals surface area contributed by atoms with Crippen LogP contribution in [0.1, 0.15) is 10.4 Å². The summed E-state index contributed by atoms with van der Waals surface area (Å²) < 4.78 is 0. The van der Waals surface area contributed by atoms with Crippen molar-refractivity contribution in [3.05, 3.63) is 84.7 Å². The molecule has 0 saturated carbocycles. The highest BCUT2D eigenvalue weighted by molar-refractivity contribution is 5.95. The molecular weight excluding hydrogens is 322 g/mol. The van der Waals surface area contributed by atoms with Crippen LogP contribution in [-0.2, 0) is 0 Å². The third-order valence-electron chi connectivity index (χ3n) is 4.83. The highest BCUT2D eigenvalue weighted by Gasteiger charge is 2.22. The van der Waals surface area contributed by atoms with E-state index >= 15 is 0 Å². The number of rotatable bonds is 3. The van der Waals surface area contributed by atoms with E-state index in [9.17, 15) is 4.79 Å². The number of nitrogens with zero attached hydrogens (tertiary/aromatic N) is 3. The Balaban J connectivity index is 1.41. The Morgan fingerprint density at radius 3 is 2.00 bits per heavy atom. The Hall–Kier alpha value is -3.14. The van der Waals surface area contributed by atoms with Gasteiger partial charge in [-0.05, 0) is 35.4 Å². The number of hydrogen-bond donors (Lipinski definition) is 0. The molecule has 0 unspecified atom stereocenters. The van der Waals surface area contributed by atoms with Crippen LogP contribution >= 0.6 is 0 Å². The lowest BCUT2D eigenvalue weighted by Crippen LogP contribution is -2.48. The Labute approximate surface area is 153 Å². The van der Waals surface area contributed by atoms with Crippen molar-refractivity contribution in [1.82, 2.24) is 9.88 Å². The average molecular weight is 343 g/mol. The van der Waals surface area contributed by atoms with Gasteiger partial charge in [0.15, 0.2) is 0 Å². The van der Waals surface area contributed by atoms with Crippen LogP contribution in [0.25, 0.3) is 11.1 Å². The van der Waals surface area contributed by atoms with Crippen LogP contribution in [0.3, 0.4) is 0 Å². The summed E-state index contributed by atoms with van der Waals surface area (Å²) in [6.07, 6.45) is 3.61. The number of piperazine rings is 1. The van der Waals surface area contributed by atoms with Crippen molar-refractivity contribution in [1.29, 1.82) is 0 Å². The van der Waals surface area contributed by atoms with Crippen molar-refractivity contribution in [2.24, 2.45) is 0 Å². The van der Waals surface area contributed by atoms with E-state index in [1.54, 1.807) is 12.4 Å². The van der Waals surface area contributed by atoms with Gasteiger partial charge in [0, 0.05) is 49.8 Å². The molecular formula is C22H21N3O. The summed E-state index contributed by atoms with van der Waals surface area (Å²) >= 11 is 0. The zero-order chi connectivity index (χ0) is 17.8. The maximum absolute atomic E-state index is 12.8. The standard InChI is InChI=1S/C22H21N3O/c26-22(20-8-6-19(7-9-20)18-4-2-1-3-5-18)25-16-14-24(15-17-25)21-10-12-23-13-11-21/h1-13H,14-17H2. The van der Waals surface area contributed by atoms with Crippen molar-refractivity contribution >= 4 is 11.6 Å². The highest BCUT2D eigenvalue weighted by Crippen LogP contribution is 2.21. The first-order valence-corrected chi connectivity index (χ1v) is 8.91. The van der Waals surface area contributed by atoms with Crippen molar-refractivity contribution in [3.8, 4) is 11.1 Å². The van der Waals surface area contributed by atoms with Gasteiger partial charge in [0.2, 0.25) is 0 Å². The first-order valence-electron chi connectivity index (χ1n) is 8.91. The summed E-state index contributed by atoms with van der Waals surface area (Å²) in [5.41, 5.74) is 4.21. The molecule has 130 valence electrons. The third-order valence-corrected chi connectivity index (χ3v) is 4.83. The lowest BCUT2D eigenvalue weighted by molar-refractivity contribution is 0.0747. The summed E-state index contributed by atoms with van der Waals surface area (Å²) in [4.78, 5) is 21.1. The molecule has 2 aromatic carbocycles. The number of hydrogen-bond acceptors (Lipinski definition) is 3. The summed E-state index contributed by atoms with van der Waals surface area (Å²) in [5.74, 6) is 0.110. The second-order valence-electron chi connectivity index (χ2n) is 6.43. The van der Waals surface area contributed by atoms with E-state index in [2.05, 4.69) is 22.0 Å². The van der Waals surface area contributed by atoms with Crippen LogP contribution < -0.4 is 4.90 Å². The van der Waals surface area contributed by atoms with Crippen molar-refractivity contribution in [2.75, 3.05) is 31.1 Å². The van der Waals surface area contributed by atoms with E-state index in [0.717, 1.165) is 42.9 Å². The molecule has 0 aliphatic carbocycles. The van der Waals surface area contributed by atoms with Crippen LogP contribution in [0.5, 0.6) is 0 Å². The second-order valence-corrected chi connectivity index (χ2v) is 6.43. The van der Waals surface area contributed by atoms with Gasteiger partial charge in [0.1, 0.15) is 0 Å². The number of pyridine rings is 1. The predicted octanol–water partition coefficient (Wildman–Crippen LogP) is 3.71. The van der Waals surface area contributed by atoms with Crippen molar-refractivity contribution < 1.29 is 4.79 Å². The lowest BCUT2D eigenvalue weighted by Gasteiger charge is -2.36. The molecule has 4 rings (SSSR count). The number of carbonyl (C=O) groups is 1. The molecule has 4 nitrogen and oxygen atoms in total. The molecule has 1 aliphatic heterocycles. The molecule has 4 heteroatoms. The minimum Gasteiger partial charge on any atom is -0.368 e. The number of benzene rings is 2. The van der Waals surface area contributed by atoms with Crippen LogP contribution in [0, 0.1) is 0 Å². The van der Waals surface area contributed by atoms with E-state index in [-0.39, 0.29) is 5.91 Å². The fraction of sp³-hybridized carbons (Fsp3) is 0.182. The van der Waals surface area contributed by atoms with Gasteiger partial charge in [-0.15, -0.1) is 0 Å². The fourth-order valence-corrected chi connectivity index (χ4v) is 3.34. The molecule has 0 N–H and O–H groups in total. The van der Waals surface area contributed by atoms with Gasteiger partial charge >= 0.3 is 0 Å². The smallest absolute Gasteiger partial charge is 0.253 e. The van der Waals surface area contributed by atoms with E-state index in [1.807, 2.05) is 59.5 Å².